The fraction of sp³-hybridized carbons (Fsp3) is 0.0526. The van der Waals surface area contributed by atoms with Gasteiger partial charge in [0.15, 0.2) is 0 Å². The third-order valence-corrected chi connectivity index (χ3v) is 3.85. The number of benzene rings is 2. The number of ether oxygens (including phenoxy) is 1. The number of rotatable bonds is 5. The van der Waals surface area contributed by atoms with Gasteiger partial charge in [0.1, 0.15) is 17.4 Å². The zero-order valence-electron chi connectivity index (χ0n) is 14.2. The molecule has 0 aliphatic heterocycles. The van der Waals surface area contributed by atoms with E-state index in [1.54, 1.807) is 43.5 Å². The van der Waals surface area contributed by atoms with Crippen molar-refractivity contribution in [2.24, 2.45) is 0 Å². The smallest absolute Gasteiger partial charge is 0.255 e. The Bertz CT molecular complexity index is 936. The minimum absolute atomic E-state index is 0. The lowest BCUT2D eigenvalue weighted by Crippen LogP contribution is -2.12. The maximum atomic E-state index is 13.2. The van der Waals surface area contributed by atoms with Crippen LogP contribution in [-0.2, 0) is 0 Å². The summed E-state index contributed by atoms with van der Waals surface area (Å²) in [7, 11) is 1.58. The molecule has 1 aromatic heterocycles. The number of halogens is 3. The molecule has 0 aliphatic rings. The number of pyridine rings is 1. The topological polar surface area (TPSA) is 63.2 Å². The van der Waals surface area contributed by atoms with Crippen LogP contribution in [0.3, 0.4) is 0 Å². The summed E-state index contributed by atoms with van der Waals surface area (Å²) in [5.41, 5.74) is 1.63. The van der Waals surface area contributed by atoms with E-state index in [0.717, 1.165) is 0 Å². The largest absolute Gasteiger partial charge is 0.497 e. The Hall–Kier alpha value is -2.83. The van der Waals surface area contributed by atoms with Crippen LogP contribution in [-0.4, -0.2) is 18.0 Å². The number of amides is 1. The van der Waals surface area contributed by atoms with Crippen LogP contribution in [0.1, 0.15) is 10.4 Å². The van der Waals surface area contributed by atoms with Crippen LogP contribution in [0.25, 0.3) is 0 Å². The van der Waals surface area contributed by atoms with Crippen molar-refractivity contribution < 1.29 is 13.9 Å². The van der Waals surface area contributed by atoms with E-state index in [-0.39, 0.29) is 23.3 Å². The summed E-state index contributed by atoms with van der Waals surface area (Å²) >= 11 is 5.77. The number of hydrogen-bond acceptors (Lipinski definition) is 4. The van der Waals surface area contributed by atoms with Gasteiger partial charge in [0.2, 0.25) is 0 Å². The number of methoxy groups -OCH3 is 1. The van der Waals surface area contributed by atoms with Crippen molar-refractivity contribution in [1.82, 2.24) is 4.98 Å². The molecular formula is C19H16Cl2FN3O2. The molecule has 1 heterocycles. The summed E-state index contributed by atoms with van der Waals surface area (Å²) in [5.74, 6) is 0.363. The average Bonchev–Trinajstić information content (AvgIpc) is 2.65. The minimum atomic E-state index is -0.502. The van der Waals surface area contributed by atoms with Crippen molar-refractivity contribution in [2.45, 2.75) is 0 Å². The van der Waals surface area contributed by atoms with Crippen LogP contribution in [0.2, 0.25) is 5.02 Å². The highest BCUT2D eigenvalue weighted by Crippen LogP contribution is 2.22. The lowest BCUT2D eigenvalue weighted by molar-refractivity contribution is 0.102. The lowest BCUT2D eigenvalue weighted by atomic mass is 10.2. The standard InChI is InChI=1S/C19H15ClFN3O2.ClH/c1-26-15-5-2-13(3-6-15)24-19(25)12-8-9-22-18(10-12)23-14-4-7-17(21)16(20)11-14;/h2-11H,1H3,(H,22,23)(H,24,25);1H. The van der Waals surface area contributed by atoms with Crippen LogP contribution in [0, 0.1) is 5.82 Å². The van der Waals surface area contributed by atoms with E-state index in [9.17, 15) is 9.18 Å². The Morgan fingerprint density at radius 2 is 1.78 bits per heavy atom. The van der Waals surface area contributed by atoms with E-state index in [0.29, 0.717) is 28.5 Å². The van der Waals surface area contributed by atoms with Crippen LogP contribution < -0.4 is 15.4 Å². The van der Waals surface area contributed by atoms with Gasteiger partial charge in [0.05, 0.1) is 12.1 Å². The minimum Gasteiger partial charge on any atom is -0.497 e. The molecule has 0 radical (unpaired) electrons. The van der Waals surface area contributed by atoms with Crippen LogP contribution in [0.15, 0.2) is 60.8 Å². The van der Waals surface area contributed by atoms with Crippen LogP contribution in [0.4, 0.5) is 21.6 Å². The van der Waals surface area contributed by atoms with E-state index in [1.165, 1.54) is 24.4 Å². The molecule has 0 bridgehead atoms. The number of hydrogen-bond donors (Lipinski definition) is 2. The predicted octanol–water partition coefficient (Wildman–Crippen LogP) is 5.30. The molecule has 8 heteroatoms. The molecule has 0 saturated heterocycles. The van der Waals surface area contributed by atoms with Crippen LogP contribution >= 0.6 is 24.0 Å². The summed E-state index contributed by atoms with van der Waals surface area (Å²) in [6, 6.07) is 14.4. The van der Waals surface area contributed by atoms with Gasteiger partial charge in [-0.05, 0) is 54.6 Å². The van der Waals surface area contributed by atoms with Crippen molar-refractivity contribution in [3.8, 4) is 5.75 Å². The van der Waals surface area contributed by atoms with E-state index >= 15 is 0 Å². The molecule has 0 saturated carbocycles. The Balaban J connectivity index is 0.00000261. The van der Waals surface area contributed by atoms with Gasteiger partial charge < -0.3 is 15.4 Å². The van der Waals surface area contributed by atoms with Crippen LogP contribution in [0.5, 0.6) is 5.75 Å². The monoisotopic (exact) mass is 407 g/mol. The van der Waals surface area contributed by atoms with Gasteiger partial charge >= 0.3 is 0 Å². The summed E-state index contributed by atoms with van der Waals surface area (Å²) in [6.45, 7) is 0. The summed E-state index contributed by atoms with van der Waals surface area (Å²) < 4.78 is 18.3. The molecule has 0 fully saturated rings. The SMILES string of the molecule is COc1ccc(NC(=O)c2ccnc(Nc3ccc(F)c(Cl)c3)c2)cc1.Cl. The second kappa shape index (κ2) is 9.21. The number of aromatic nitrogens is 1. The molecule has 2 aromatic carbocycles. The molecule has 3 rings (SSSR count). The molecule has 5 nitrogen and oxygen atoms in total. The number of anilines is 3. The zero-order chi connectivity index (χ0) is 18.5. The first kappa shape index (κ1) is 20.5. The van der Waals surface area contributed by atoms with Crippen molar-refractivity contribution >= 4 is 47.1 Å². The quantitative estimate of drug-likeness (QED) is 0.602. The highest BCUT2D eigenvalue weighted by Gasteiger charge is 2.09. The van der Waals surface area contributed by atoms with Gasteiger partial charge in [-0.2, -0.15) is 0 Å². The van der Waals surface area contributed by atoms with E-state index in [4.69, 9.17) is 16.3 Å². The maximum Gasteiger partial charge on any atom is 0.255 e. The molecule has 1 amide bonds. The highest BCUT2D eigenvalue weighted by molar-refractivity contribution is 6.31. The Kier molecular flexibility index (Phi) is 6.98. The first-order chi connectivity index (χ1) is 12.5. The Morgan fingerprint density at radius 1 is 1.07 bits per heavy atom. The summed E-state index contributed by atoms with van der Waals surface area (Å²) in [6.07, 6.45) is 1.51. The Morgan fingerprint density at radius 3 is 2.44 bits per heavy atom. The molecule has 27 heavy (non-hydrogen) atoms. The van der Waals surface area contributed by atoms with Gasteiger partial charge in [-0.1, -0.05) is 11.6 Å². The van der Waals surface area contributed by atoms with Crippen molar-refractivity contribution in [2.75, 3.05) is 17.7 Å². The van der Waals surface area contributed by atoms with E-state index in [2.05, 4.69) is 15.6 Å². The fourth-order valence-corrected chi connectivity index (χ4v) is 2.42. The first-order valence-corrected chi connectivity index (χ1v) is 8.06. The zero-order valence-corrected chi connectivity index (χ0v) is 15.8. The van der Waals surface area contributed by atoms with Gasteiger partial charge in [0, 0.05) is 23.1 Å². The molecule has 3 aromatic rings. The van der Waals surface area contributed by atoms with Gasteiger partial charge in [-0.3, -0.25) is 4.79 Å². The van der Waals surface area contributed by atoms with E-state index in [1.807, 2.05) is 0 Å². The second-order valence-electron chi connectivity index (χ2n) is 5.37. The molecule has 0 spiro atoms. The number of nitrogens with zero attached hydrogens (tertiary/aromatic N) is 1. The van der Waals surface area contributed by atoms with Crippen molar-refractivity contribution in [3.63, 3.8) is 0 Å². The molecule has 0 unspecified atom stereocenters. The maximum absolute atomic E-state index is 13.2. The molecular weight excluding hydrogens is 392 g/mol. The predicted molar refractivity (Wildman–Crippen MR) is 107 cm³/mol. The van der Waals surface area contributed by atoms with Gasteiger partial charge in [-0.25, -0.2) is 9.37 Å². The number of carbonyl (C=O) groups is 1. The summed E-state index contributed by atoms with van der Waals surface area (Å²) in [5, 5.41) is 5.79. The normalized spacial score (nSPS) is 9.89. The fourth-order valence-electron chi connectivity index (χ4n) is 2.24. The molecule has 0 atom stereocenters. The second-order valence-corrected chi connectivity index (χ2v) is 5.77. The molecule has 0 aliphatic carbocycles. The third kappa shape index (κ3) is 5.32. The third-order valence-electron chi connectivity index (χ3n) is 3.56. The Labute approximate surface area is 166 Å². The molecule has 140 valence electrons. The lowest BCUT2D eigenvalue weighted by Gasteiger charge is -2.09. The van der Waals surface area contributed by atoms with E-state index < -0.39 is 5.82 Å². The van der Waals surface area contributed by atoms with Gasteiger partial charge in [-0.15, -0.1) is 12.4 Å². The molecule has 2 N–H and O–H groups in total. The van der Waals surface area contributed by atoms with Gasteiger partial charge in [0.25, 0.3) is 5.91 Å². The first-order valence-electron chi connectivity index (χ1n) is 7.69. The van der Waals surface area contributed by atoms with Crippen molar-refractivity contribution in [1.29, 1.82) is 0 Å². The average molecular weight is 408 g/mol. The van der Waals surface area contributed by atoms with Crippen molar-refractivity contribution in [3.05, 3.63) is 77.2 Å². The number of nitrogens with one attached hydrogen (secondary N) is 2. The number of carbonyl (C=O) groups excluding carboxylic acids is 1. The highest BCUT2D eigenvalue weighted by atomic mass is 35.5. The summed E-state index contributed by atoms with van der Waals surface area (Å²) in [4.78, 5) is 16.6.